The number of aryl methyl sites for hydroxylation is 1. The van der Waals surface area contributed by atoms with Crippen molar-refractivity contribution in [1.82, 2.24) is 4.98 Å². The monoisotopic (exact) mass is 294 g/mol. The number of benzene rings is 1. The van der Waals surface area contributed by atoms with Crippen molar-refractivity contribution in [1.29, 1.82) is 0 Å². The summed E-state index contributed by atoms with van der Waals surface area (Å²) in [6.45, 7) is 3.76. The Labute approximate surface area is 120 Å². The molecule has 6 heteroatoms. The number of thiazole rings is 1. The van der Waals surface area contributed by atoms with Crippen LogP contribution in [0, 0.1) is 12.7 Å². The second-order valence-electron chi connectivity index (χ2n) is 4.33. The average molecular weight is 294 g/mol. The van der Waals surface area contributed by atoms with Crippen LogP contribution in [0.1, 0.15) is 33.9 Å². The molecule has 0 saturated heterocycles. The Bertz CT molecular complexity index is 610. The van der Waals surface area contributed by atoms with Crippen molar-refractivity contribution in [2.45, 2.75) is 19.9 Å². The Morgan fingerprint density at radius 1 is 1.40 bits per heavy atom. The maximum Gasteiger partial charge on any atom is 0.357 e. The van der Waals surface area contributed by atoms with Crippen LogP contribution in [0.15, 0.2) is 24.3 Å². The van der Waals surface area contributed by atoms with E-state index in [4.69, 9.17) is 0 Å². The van der Waals surface area contributed by atoms with Gasteiger partial charge in [-0.1, -0.05) is 12.1 Å². The molecular weight excluding hydrogens is 279 g/mol. The van der Waals surface area contributed by atoms with E-state index in [1.165, 1.54) is 30.6 Å². The van der Waals surface area contributed by atoms with E-state index < -0.39 is 5.97 Å². The van der Waals surface area contributed by atoms with E-state index >= 15 is 0 Å². The van der Waals surface area contributed by atoms with Gasteiger partial charge in [-0.15, -0.1) is 11.3 Å². The summed E-state index contributed by atoms with van der Waals surface area (Å²) in [5.41, 5.74) is 1.27. The van der Waals surface area contributed by atoms with Gasteiger partial charge in [-0.2, -0.15) is 0 Å². The van der Waals surface area contributed by atoms with Crippen molar-refractivity contribution in [2.75, 3.05) is 12.4 Å². The van der Waals surface area contributed by atoms with Crippen LogP contribution in [0.3, 0.4) is 0 Å². The van der Waals surface area contributed by atoms with Crippen molar-refractivity contribution in [2.24, 2.45) is 0 Å². The number of rotatable bonds is 4. The molecule has 0 aliphatic rings. The Morgan fingerprint density at radius 2 is 2.05 bits per heavy atom. The number of esters is 1. The second-order valence-corrected chi connectivity index (χ2v) is 5.54. The van der Waals surface area contributed by atoms with Gasteiger partial charge in [0.2, 0.25) is 0 Å². The molecule has 0 aliphatic carbocycles. The molecule has 106 valence electrons. The molecule has 4 nitrogen and oxygen atoms in total. The van der Waals surface area contributed by atoms with Crippen LogP contribution < -0.4 is 5.32 Å². The Balaban J connectivity index is 2.13. The largest absolute Gasteiger partial charge is 0.464 e. The van der Waals surface area contributed by atoms with Crippen LogP contribution in [0.4, 0.5) is 9.52 Å². The summed E-state index contributed by atoms with van der Waals surface area (Å²) in [4.78, 5) is 16.5. The number of aromatic nitrogens is 1. The number of ether oxygens (including phenoxy) is 1. The molecular formula is C14H15FN2O2S. The van der Waals surface area contributed by atoms with Gasteiger partial charge >= 0.3 is 5.97 Å². The summed E-state index contributed by atoms with van der Waals surface area (Å²) in [7, 11) is 1.33. The normalized spacial score (nSPS) is 12.0. The molecule has 20 heavy (non-hydrogen) atoms. The lowest BCUT2D eigenvalue weighted by Crippen LogP contribution is -2.07. The first-order valence-corrected chi connectivity index (χ1v) is 6.90. The predicted molar refractivity (Wildman–Crippen MR) is 76.6 cm³/mol. The number of nitrogens with zero attached hydrogens (tertiary/aromatic N) is 1. The summed E-state index contributed by atoms with van der Waals surface area (Å²) in [5.74, 6) is -0.708. The third-order valence-electron chi connectivity index (χ3n) is 2.89. The number of hydrogen-bond acceptors (Lipinski definition) is 5. The topological polar surface area (TPSA) is 51.2 Å². The molecule has 1 atom stereocenters. The fourth-order valence-corrected chi connectivity index (χ4v) is 2.65. The molecule has 0 aliphatic heterocycles. The SMILES string of the molecule is COC(=O)c1nc(NC(C)c2ccc(F)cc2)sc1C. The van der Waals surface area contributed by atoms with E-state index in [9.17, 15) is 9.18 Å². The quantitative estimate of drug-likeness (QED) is 0.876. The molecule has 1 unspecified atom stereocenters. The maximum atomic E-state index is 12.9. The van der Waals surface area contributed by atoms with Crippen LogP contribution in [0.2, 0.25) is 0 Å². The second kappa shape index (κ2) is 6.00. The molecule has 1 aromatic heterocycles. The molecule has 0 radical (unpaired) electrons. The summed E-state index contributed by atoms with van der Waals surface area (Å²) in [6, 6.07) is 6.23. The maximum absolute atomic E-state index is 12.9. The van der Waals surface area contributed by atoms with Crippen molar-refractivity contribution >= 4 is 22.4 Å². The zero-order chi connectivity index (χ0) is 14.7. The highest BCUT2D eigenvalue weighted by atomic mass is 32.1. The highest BCUT2D eigenvalue weighted by Gasteiger charge is 2.17. The van der Waals surface area contributed by atoms with Gasteiger partial charge in [0.15, 0.2) is 10.8 Å². The molecule has 0 saturated carbocycles. The van der Waals surface area contributed by atoms with Crippen LogP contribution in [0.25, 0.3) is 0 Å². The molecule has 0 fully saturated rings. The summed E-state index contributed by atoms with van der Waals surface area (Å²) < 4.78 is 17.5. The molecule has 2 rings (SSSR count). The smallest absolute Gasteiger partial charge is 0.357 e. The van der Waals surface area contributed by atoms with E-state index in [1.807, 2.05) is 13.8 Å². The zero-order valence-corrected chi connectivity index (χ0v) is 12.3. The third-order valence-corrected chi connectivity index (χ3v) is 3.79. The lowest BCUT2D eigenvalue weighted by Gasteiger charge is -2.12. The summed E-state index contributed by atoms with van der Waals surface area (Å²) in [5, 5.41) is 3.83. The van der Waals surface area contributed by atoms with Gasteiger partial charge in [0, 0.05) is 4.88 Å². The first-order valence-electron chi connectivity index (χ1n) is 6.09. The lowest BCUT2D eigenvalue weighted by molar-refractivity contribution is 0.0594. The van der Waals surface area contributed by atoms with Gasteiger partial charge in [0.05, 0.1) is 13.2 Å². The number of nitrogens with one attached hydrogen (secondary N) is 1. The van der Waals surface area contributed by atoms with E-state index in [1.54, 1.807) is 12.1 Å². The van der Waals surface area contributed by atoms with Crippen LogP contribution >= 0.6 is 11.3 Å². The van der Waals surface area contributed by atoms with Crippen LogP contribution in [0.5, 0.6) is 0 Å². The van der Waals surface area contributed by atoms with Gasteiger partial charge in [0.25, 0.3) is 0 Å². The zero-order valence-electron chi connectivity index (χ0n) is 11.4. The lowest BCUT2D eigenvalue weighted by atomic mass is 10.1. The molecule has 0 amide bonds. The Kier molecular flexibility index (Phi) is 4.34. The van der Waals surface area contributed by atoms with E-state index in [-0.39, 0.29) is 11.9 Å². The van der Waals surface area contributed by atoms with Crippen molar-refractivity contribution < 1.29 is 13.9 Å². The van der Waals surface area contributed by atoms with Crippen molar-refractivity contribution in [3.63, 3.8) is 0 Å². The first kappa shape index (κ1) is 14.5. The van der Waals surface area contributed by atoms with Gasteiger partial charge in [-0.3, -0.25) is 0 Å². The van der Waals surface area contributed by atoms with E-state index in [0.717, 1.165) is 10.4 Å². The fourth-order valence-electron chi connectivity index (χ4n) is 1.76. The average Bonchev–Trinajstić information content (AvgIpc) is 2.79. The Morgan fingerprint density at radius 3 is 2.65 bits per heavy atom. The number of carbonyl (C=O) groups is 1. The van der Waals surface area contributed by atoms with Crippen LogP contribution in [-0.4, -0.2) is 18.1 Å². The molecule has 0 bridgehead atoms. The van der Waals surface area contributed by atoms with Crippen molar-refractivity contribution in [3.8, 4) is 0 Å². The first-order chi connectivity index (χ1) is 9.51. The van der Waals surface area contributed by atoms with Crippen molar-refractivity contribution in [3.05, 3.63) is 46.2 Å². The molecule has 0 spiro atoms. The van der Waals surface area contributed by atoms with Crippen LogP contribution in [-0.2, 0) is 4.74 Å². The number of anilines is 1. The minimum atomic E-state index is -0.443. The number of carbonyl (C=O) groups excluding carboxylic acids is 1. The van der Waals surface area contributed by atoms with Gasteiger partial charge in [-0.25, -0.2) is 14.2 Å². The molecule has 1 heterocycles. The minimum absolute atomic E-state index is 0.0355. The van der Waals surface area contributed by atoms with Gasteiger partial charge < -0.3 is 10.1 Å². The third kappa shape index (κ3) is 3.14. The van der Waals surface area contributed by atoms with Gasteiger partial charge in [0.1, 0.15) is 5.82 Å². The predicted octanol–water partition coefficient (Wildman–Crippen LogP) is 3.55. The van der Waals surface area contributed by atoms with Gasteiger partial charge in [-0.05, 0) is 31.5 Å². The number of halogens is 1. The van der Waals surface area contributed by atoms with E-state index in [0.29, 0.717) is 10.8 Å². The molecule has 2 aromatic rings. The molecule has 1 N–H and O–H groups in total. The highest BCUT2D eigenvalue weighted by Crippen LogP contribution is 2.26. The Hall–Kier alpha value is -1.95. The number of methoxy groups -OCH3 is 1. The summed E-state index contributed by atoms with van der Waals surface area (Å²) >= 11 is 1.39. The standard InChI is InChI=1S/C14H15FN2O2S/c1-8(10-4-6-11(15)7-5-10)16-14-17-12(9(2)20-14)13(18)19-3/h4-8H,1-3H3,(H,16,17). The summed E-state index contributed by atoms with van der Waals surface area (Å²) in [6.07, 6.45) is 0. The van der Waals surface area contributed by atoms with E-state index in [2.05, 4.69) is 15.0 Å². The fraction of sp³-hybridized carbons (Fsp3) is 0.286. The minimum Gasteiger partial charge on any atom is -0.464 e. The highest BCUT2D eigenvalue weighted by molar-refractivity contribution is 7.15. The number of hydrogen-bond donors (Lipinski definition) is 1. The molecule has 1 aromatic carbocycles.